The topological polar surface area (TPSA) is 46.6 Å². The molecule has 1 aromatic carbocycles. The fourth-order valence-corrected chi connectivity index (χ4v) is 4.08. The molecule has 118 valence electrons. The van der Waals surface area contributed by atoms with Crippen molar-refractivity contribution >= 4 is 42.9 Å². The fraction of sp³-hybridized carbons (Fsp3) is 0.538. The van der Waals surface area contributed by atoms with Crippen molar-refractivity contribution in [2.24, 2.45) is 0 Å². The van der Waals surface area contributed by atoms with Gasteiger partial charge >= 0.3 is 0 Å². The van der Waals surface area contributed by atoms with E-state index in [2.05, 4.69) is 4.90 Å². The van der Waals surface area contributed by atoms with E-state index < -0.39 is 9.05 Å². The van der Waals surface area contributed by atoms with Crippen molar-refractivity contribution in [2.75, 3.05) is 26.2 Å². The van der Waals surface area contributed by atoms with E-state index in [1.54, 1.807) is 0 Å². The minimum atomic E-state index is -3.92. The Morgan fingerprint density at radius 2 is 1.81 bits per heavy atom. The zero-order valence-electron chi connectivity index (χ0n) is 11.3. The Kier molecular flexibility index (Phi) is 6.03. The Balaban J connectivity index is 1.93. The molecule has 1 aliphatic heterocycles. The van der Waals surface area contributed by atoms with Crippen molar-refractivity contribution in [1.82, 2.24) is 4.90 Å². The number of ether oxygens (including phenoxy) is 1. The molecule has 1 saturated heterocycles. The highest BCUT2D eigenvalue weighted by atomic mass is 35.7. The van der Waals surface area contributed by atoms with E-state index in [4.69, 9.17) is 38.6 Å². The molecule has 0 saturated carbocycles. The number of rotatable bonds is 6. The summed E-state index contributed by atoms with van der Waals surface area (Å²) in [5.41, 5.74) is 0. The van der Waals surface area contributed by atoms with Crippen LogP contribution in [0.25, 0.3) is 0 Å². The average Bonchev–Trinajstić information content (AvgIpc) is 2.90. The molecule has 0 spiro atoms. The van der Waals surface area contributed by atoms with Crippen LogP contribution < -0.4 is 4.74 Å². The highest BCUT2D eigenvalue weighted by Crippen LogP contribution is 2.35. The molecule has 0 atom stereocenters. The van der Waals surface area contributed by atoms with Gasteiger partial charge in [0.25, 0.3) is 9.05 Å². The first-order chi connectivity index (χ1) is 9.88. The van der Waals surface area contributed by atoms with Gasteiger partial charge < -0.3 is 9.64 Å². The summed E-state index contributed by atoms with van der Waals surface area (Å²) >= 11 is 11.9. The number of benzene rings is 1. The van der Waals surface area contributed by atoms with Crippen LogP contribution in [-0.2, 0) is 9.05 Å². The Bertz CT molecular complexity index is 601. The highest BCUT2D eigenvalue weighted by molar-refractivity contribution is 8.13. The van der Waals surface area contributed by atoms with Crippen LogP contribution in [0.5, 0.6) is 5.75 Å². The molecule has 4 nitrogen and oxygen atoms in total. The van der Waals surface area contributed by atoms with Crippen LogP contribution in [0.3, 0.4) is 0 Å². The molecule has 1 aromatic rings. The molecule has 0 bridgehead atoms. The fourth-order valence-electron chi connectivity index (χ4n) is 2.28. The van der Waals surface area contributed by atoms with Crippen molar-refractivity contribution in [3.63, 3.8) is 0 Å². The van der Waals surface area contributed by atoms with Crippen LogP contribution in [-0.4, -0.2) is 39.6 Å². The van der Waals surface area contributed by atoms with Crippen molar-refractivity contribution in [1.29, 1.82) is 0 Å². The van der Waals surface area contributed by atoms with Gasteiger partial charge in [0.15, 0.2) is 0 Å². The van der Waals surface area contributed by atoms with E-state index in [0.717, 1.165) is 26.1 Å². The van der Waals surface area contributed by atoms with Crippen molar-refractivity contribution in [3.8, 4) is 5.75 Å². The first-order valence-corrected chi connectivity index (χ1v) is 9.73. The summed E-state index contributed by atoms with van der Waals surface area (Å²) in [4.78, 5) is 2.18. The maximum Gasteiger partial charge on any atom is 0.262 e. The molecule has 8 heteroatoms. The predicted octanol–water partition coefficient (Wildman–Crippen LogP) is 3.79. The molecule has 1 heterocycles. The number of hydrogen-bond acceptors (Lipinski definition) is 4. The van der Waals surface area contributed by atoms with E-state index in [0.29, 0.717) is 12.4 Å². The van der Waals surface area contributed by atoms with Gasteiger partial charge in [-0.1, -0.05) is 23.2 Å². The van der Waals surface area contributed by atoms with Crippen molar-refractivity contribution < 1.29 is 13.2 Å². The molecule has 0 aliphatic carbocycles. The number of likely N-dealkylation sites (tertiary alicyclic amines) is 1. The second-order valence-corrected chi connectivity index (χ2v) is 8.25. The van der Waals surface area contributed by atoms with Gasteiger partial charge in [0, 0.05) is 23.3 Å². The zero-order valence-corrected chi connectivity index (χ0v) is 14.4. The molecule has 0 aromatic heterocycles. The Labute approximate surface area is 139 Å². The van der Waals surface area contributed by atoms with E-state index in [-0.39, 0.29) is 14.9 Å². The molecule has 0 amide bonds. The summed E-state index contributed by atoms with van der Waals surface area (Å²) < 4.78 is 28.2. The van der Waals surface area contributed by atoms with Gasteiger partial charge in [-0.3, -0.25) is 0 Å². The lowest BCUT2D eigenvalue weighted by atomic mass is 10.3. The van der Waals surface area contributed by atoms with Crippen LogP contribution >= 0.6 is 33.9 Å². The maximum atomic E-state index is 11.3. The van der Waals surface area contributed by atoms with E-state index >= 15 is 0 Å². The van der Waals surface area contributed by atoms with Gasteiger partial charge in [-0.25, -0.2) is 8.42 Å². The molecular weight excluding hydrogens is 357 g/mol. The lowest BCUT2D eigenvalue weighted by Crippen LogP contribution is -2.21. The van der Waals surface area contributed by atoms with Crippen LogP contribution in [0.4, 0.5) is 0 Å². The lowest BCUT2D eigenvalue weighted by molar-refractivity contribution is 0.263. The average molecular weight is 373 g/mol. The van der Waals surface area contributed by atoms with Gasteiger partial charge in [0.1, 0.15) is 10.6 Å². The Morgan fingerprint density at radius 1 is 1.14 bits per heavy atom. The van der Waals surface area contributed by atoms with Crippen LogP contribution in [0.15, 0.2) is 17.0 Å². The molecule has 1 aliphatic rings. The number of hydrogen-bond donors (Lipinski definition) is 0. The normalized spacial score (nSPS) is 16.3. The lowest BCUT2D eigenvalue weighted by Gasteiger charge is -2.15. The summed E-state index contributed by atoms with van der Waals surface area (Å²) in [6, 6.07) is 2.59. The summed E-state index contributed by atoms with van der Waals surface area (Å²) in [5, 5.41) is 0.184. The Morgan fingerprint density at radius 3 is 2.43 bits per heavy atom. The third kappa shape index (κ3) is 4.89. The van der Waals surface area contributed by atoms with Gasteiger partial charge in [-0.15, -0.1) is 0 Å². The molecule has 1 fully saturated rings. The number of halogens is 3. The van der Waals surface area contributed by atoms with Gasteiger partial charge in [-0.05, 0) is 38.4 Å². The summed E-state index contributed by atoms with van der Waals surface area (Å²) in [5.74, 6) is 0.368. The smallest absolute Gasteiger partial charge is 0.262 e. The predicted molar refractivity (Wildman–Crippen MR) is 85.3 cm³/mol. The molecule has 0 N–H and O–H groups in total. The summed E-state index contributed by atoms with van der Waals surface area (Å²) in [7, 11) is 1.36. The summed E-state index contributed by atoms with van der Waals surface area (Å²) in [6.45, 7) is 3.78. The third-order valence-corrected chi connectivity index (χ3v) is 5.41. The quantitative estimate of drug-likeness (QED) is 0.563. The van der Waals surface area contributed by atoms with Gasteiger partial charge in [0.2, 0.25) is 0 Å². The first-order valence-electron chi connectivity index (χ1n) is 6.67. The van der Waals surface area contributed by atoms with Gasteiger partial charge in [-0.2, -0.15) is 0 Å². The second kappa shape index (κ2) is 7.38. The van der Waals surface area contributed by atoms with Crippen LogP contribution in [0.2, 0.25) is 10.0 Å². The highest BCUT2D eigenvalue weighted by Gasteiger charge is 2.18. The Hall–Kier alpha value is -0.200. The van der Waals surface area contributed by atoms with Crippen LogP contribution in [0.1, 0.15) is 19.3 Å². The molecule has 21 heavy (non-hydrogen) atoms. The first kappa shape index (κ1) is 17.2. The van der Waals surface area contributed by atoms with Crippen molar-refractivity contribution in [3.05, 3.63) is 22.2 Å². The second-order valence-electron chi connectivity index (χ2n) is 4.90. The van der Waals surface area contributed by atoms with Crippen LogP contribution in [0, 0.1) is 0 Å². The monoisotopic (exact) mass is 371 g/mol. The van der Waals surface area contributed by atoms with Crippen molar-refractivity contribution in [2.45, 2.75) is 24.2 Å². The third-order valence-electron chi connectivity index (χ3n) is 3.32. The summed E-state index contributed by atoms with van der Waals surface area (Å²) in [6.07, 6.45) is 3.40. The zero-order chi connectivity index (χ0) is 15.5. The molecule has 2 rings (SSSR count). The molecule has 0 unspecified atom stereocenters. The SMILES string of the molecule is O=S(=O)(Cl)c1cc(Cl)c(OCCCN2CCCC2)cc1Cl. The largest absolute Gasteiger partial charge is 0.492 e. The standard InChI is InChI=1S/C13H16Cl3NO3S/c14-10-9-13(21(16,18)19)11(15)8-12(10)20-7-3-6-17-4-1-2-5-17/h8-9H,1-7H2. The minimum Gasteiger partial charge on any atom is -0.492 e. The maximum absolute atomic E-state index is 11.3. The van der Waals surface area contributed by atoms with Gasteiger partial charge in [0.05, 0.1) is 16.7 Å². The van der Waals surface area contributed by atoms with E-state index in [1.807, 2.05) is 0 Å². The van der Waals surface area contributed by atoms with E-state index in [9.17, 15) is 8.42 Å². The molecule has 0 radical (unpaired) electrons. The minimum absolute atomic E-state index is 0.00365. The molecular formula is C13H16Cl3NO3S. The number of nitrogens with zero attached hydrogens (tertiary/aromatic N) is 1. The van der Waals surface area contributed by atoms with E-state index in [1.165, 1.54) is 25.0 Å².